The van der Waals surface area contributed by atoms with Gasteiger partial charge in [-0.25, -0.2) is 18.1 Å². The summed E-state index contributed by atoms with van der Waals surface area (Å²) in [5.74, 6) is 1.71. The molecule has 3 heterocycles. The number of sulfonamides is 1. The topological polar surface area (TPSA) is 86.6 Å². The van der Waals surface area contributed by atoms with E-state index >= 15 is 0 Å². The first kappa shape index (κ1) is 17.8. The summed E-state index contributed by atoms with van der Waals surface area (Å²) in [6.07, 6.45) is 1.65. The van der Waals surface area contributed by atoms with Gasteiger partial charge in [-0.2, -0.15) is 9.40 Å². The first-order valence-electron chi connectivity index (χ1n) is 8.45. The Morgan fingerprint density at radius 1 is 1.38 bits per heavy atom. The molecule has 0 unspecified atom stereocenters. The van der Waals surface area contributed by atoms with E-state index in [2.05, 4.69) is 10.1 Å². The highest BCUT2D eigenvalue weighted by Crippen LogP contribution is 2.34. The molecule has 0 aliphatic carbocycles. The molecule has 2 aliphatic heterocycles. The van der Waals surface area contributed by atoms with Crippen LogP contribution in [0.2, 0.25) is 0 Å². The van der Waals surface area contributed by atoms with Gasteiger partial charge in [0, 0.05) is 13.1 Å². The summed E-state index contributed by atoms with van der Waals surface area (Å²) < 4.78 is 39.8. The zero-order valence-corrected chi connectivity index (χ0v) is 15.4. The van der Waals surface area contributed by atoms with E-state index in [1.54, 1.807) is 6.92 Å². The van der Waals surface area contributed by atoms with Crippen LogP contribution in [-0.2, 0) is 26.0 Å². The van der Waals surface area contributed by atoms with Crippen molar-refractivity contribution in [2.24, 2.45) is 0 Å². The molecule has 2 atom stereocenters. The van der Waals surface area contributed by atoms with Crippen molar-refractivity contribution in [1.29, 1.82) is 0 Å². The van der Waals surface area contributed by atoms with Gasteiger partial charge in [0.2, 0.25) is 10.0 Å². The largest absolute Gasteiger partial charge is 0.377 e. The molecule has 2 aliphatic rings. The van der Waals surface area contributed by atoms with Crippen LogP contribution < -0.4 is 0 Å². The highest BCUT2D eigenvalue weighted by Gasteiger charge is 2.45. The fourth-order valence-electron chi connectivity index (χ4n) is 3.46. The van der Waals surface area contributed by atoms with Gasteiger partial charge in [0.15, 0.2) is 0 Å². The number of hydrogen-bond acceptors (Lipinski definition) is 6. The van der Waals surface area contributed by atoms with Crippen molar-refractivity contribution in [2.45, 2.75) is 51.9 Å². The molecule has 0 aromatic carbocycles. The molecule has 1 aromatic rings. The fraction of sp³-hybridized carbons (Fsp3) is 0.867. The van der Waals surface area contributed by atoms with Crippen molar-refractivity contribution in [2.75, 3.05) is 32.1 Å². The minimum atomic E-state index is -3.24. The van der Waals surface area contributed by atoms with Gasteiger partial charge in [-0.3, -0.25) is 0 Å². The van der Waals surface area contributed by atoms with E-state index in [0.29, 0.717) is 32.8 Å². The average molecular weight is 358 g/mol. The first-order chi connectivity index (χ1) is 11.3. The Bertz CT molecular complexity index is 690. The van der Waals surface area contributed by atoms with Gasteiger partial charge in [0.25, 0.3) is 0 Å². The Labute approximate surface area is 143 Å². The quantitative estimate of drug-likeness (QED) is 0.779. The minimum Gasteiger partial charge on any atom is -0.377 e. The molecule has 2 fully saturated rings. The van der Waals surface area contributed by atoms with E-state index in [4.69, 9.17) is 9.47 Å². The van der Waals surface area contributed by atoms with Crippen LogP contribution in [0.5, 0.6) is 0 Å². The summed E-state index contributed by atoms with van der Waals surface area (Å²) >= 11 is 0. The minimum absolute atomic E-state index is 0.00215. The Balaban J connectivity index is 1.71. The van der Waals surface area contributed by atoms with Gasteiger partial charge < -0.3 is 9.47 Å². The lowest BCUT2D eigenvalue weighted by Gasteiger charge is -2.31. The molecular weight excluding hydrogens is 332 g/mol. The van der Waals surface area contributed by atoms with Crippen molar-refractivity contribution in [1.82, 2.24) is 19.1 Å². The van der Waals surface area contributed by atoms with Crippen molar-refractivity contribution < 1.29 is 17.9 Å². The van der Waals surface area contributed by atoms with Crippen LogP contribution in [0.15, 0.2) is 0 Å². The van der Waals surface area contributed by atoms with Crippen LogP contribution >= 0.6 is 0 Å². The summed E-state index contributed by atoms with van der Waals surface area (Å²) in [4.78, 5) is 4.31. The van der Waals surface area contributed by atoms with Gasteiger partial charge in [-0.15, -0.1) is 0 Å². The molecule has 136 valence electrons. The smallest absolute Gasteiger partial charge is 0.214 e. The second kappa shape index (κ2) is 6.70. The maximum absolute atomic E-state index is 12.3. The monoisotopic (exact) mass is 358 g/mol. The molecule has 1 aromatic heterocycles. The third-order valence-electron chi connectivity index (χ3n) is 4.75. The third-order valence-corrected chi connectivity index (χ3v) is 6.58. The summed E-state index contributed by atoms with van der Waals surface area (Å²) in [6.45, 7) is 7.71. The van der Waals surface area contributed by atoms with Crippen LogP contribution in [-0.4, -0.2) is 71.2 Å². The molecule has 1 spiro atoms. The summed E-state index contributed by atoms with van der Waals surface area (Å²) in [5.41, 5.74) is -0.549. The lowest BCUT2D eigenvalue weighted by atomic mass is 10.0. The van der Waals surface area contributed by atoms with Crippen LogP contribution in [0.4, 0.5) is 0 Å². The number of rotatable bonds is 4. The number of aryl methyl sites for hydroxylation is 2. The molecule has 24 heavy (non-hydrogen) atoms. The number of aromatic nitrogens is 3. The normalized spacial score (nSPS) is 29.2. The van der Waals surface area contributed by atoms with Gasteiger partial charge in [-0.1, -0.05) is 0 Å². The lowest BCUT2D eigenvalue weighted by Crippen LogP contribution is -2.47. The standard InChI is InChI=1S/C15H26N4O4S/c1-4-24(20,21)18-7-8-22-11-15(10-18)6-5-14(23-15)9-19-13(3)16-12(2)17-19/h14H,4-11H2,1-3H3/t14-,15-/m0/s1. The van der Waals surface area contributed by atoms with Crippen molar-refractivity contribution in [3.8, 4) is 0 Å². The highest BCUT2D eigenvalue weighted by atomic mass is 32.2. The predicted molar refractivity (Wildman–Crippen MR) is 88.2 cm³/mol. The van der Waals surface area contributed by atoms with Crippen LogP contribution in [0, 0.1) is 13.8 Å². The molecule has 0 saturated carbocycles. The molecular formula is C15H26N4O4S. The molecule has 2 saturated heterocycles. The Hall–Kier alpha value is -1.03. The van der Waals surface area contributed by atoms with Crippen molar-refractivity contribution in [3.05, 3.63) is 11.6 Å². The molecule has 0 N–H and O–H groups in total. The van der Waals surface area contributed by atoms with Crippen LogP contribution in [0.3, 0.4) is 0 Å². The zero-order chi connectivity index (χ0) is 17.4. The number of nitrogens with zero attached hydrogens (tertiary/aromatic N) is 4. The van der Waals surface area contributed by atoms with Crippen LogP contribution in [0.25, 0.3) is 0 Å². The SMILES string of the molecule is CCS(=O)(=O)N1CCOC[C@]2(CC[C@@H](Cn3nc(C)nc3C)O2)C1. The van der Waals surface area contributed by atoms with Crippen molar-refractivity contribution >= 4 is 10.0 Å². The number of hydrogen-bond donors (Lipinski definition) is 0. The molecule has 3 rings (SSSR count). The first-order valence-corrected chi connectivity index (χ1v) is 10.1. The summed E-state index contributed by atoms with van der Waals surface area (Å²) in [6, 6.07) is 0. The highest BCUT2D eigenvalue weighted by molar-refractivity contribution is 7.89. The lowest BCUT2D eigenvalue weighted by molar-refractivity contribution is -0.0861. The molecule has 9 heteroatoms. The Kier molecular flexibility index (Phi) is 4.96. The summed E-state index contributed by atoms with van der Waals surface area (Å²) in [5, 5.41) is 4.38. The predicted octanol–water partition coefficient (Wildman–Crippen LogP) is 0.495. The fourth-order valence-corrected chi connectivity index (χ4v) is 4.61. The van der Waals surface area contributed by atoms with Gasteiger partial charge in [0.1, 0.15) is 17.2 Å². The van der Waals surface area contributed by atoms with Crippen LogP contribution in [0.1, 0.15) is 31.4 Å². The molecule has 0 amide bonds. The van der Waals surface area contributed by atoms with Gasteiger partial charge >= 0.3 is 0 Å². The van der Waals surface area contributed by atoms with E-state index in [-0.39, 0.29) is 11.9 Å². The van der Waals surface area contributed by atoms with E-state index in [1.807, 2.05) is 18.5 Å². The summed E-state index contributed by atoms with van der Waals surface area (Å²) in [7, 11) is -3.24. The average Bonchev–Trinajstić information content (AvgIpc) is 2.97. The van der Waals surface area contributed by atoms with Gasteiger partial charge in [-0.05, 0) is 33.6 Å². The third kappa shape index (κ3) is 3.63. The van der Waals surface area contributed by atoms with E-state index in [0.717, 1.165) is 24.5 Å². The number of ether oxygens (including phenoxy) is 2. The molecule has 0 bridgehead atoms. The van der Waals surface area contributed by atoms with Crippen molar-refractivity contribution in [3.63, 3.8) is 0 Å². The Morgan fingerprint density at radius 3 is 2.83 bits per heavy atom. The zero-order valence-electron chi connectivity index (χ0n) is 14.6. The second-order valence-electron chi connectivity index (χ2n) is 6.64. The Morgan fingerprint density at radius 2 is 2.17 bits per heavy atom. The molecule has 8 nitrogen and oxygen atoms in total. The maximum atomic E-state index is 12.3. The molecule has 0 radical (unpaired) electrons. The maximum Gasteiger partial charge on any atom is 0.214 e. The van der Waals surface area contributed by atoms with E-state index < -0.39 is 15.6 Å². The van der Waals surface area contributed by atoms with E-state index in [1.165, 1.54) is 4.31 Å². The van der Waals surface area contributed by atoms with E-state index in [9.17, 15) is 8.42 Å². The second-order valence-corrected chi connectivity index (χ2v) is 8.89. The van der Waals surface area contributed by atoms with Gasteiger partial charge in [0.05, 0.1) is 31.6 Å².